The molecule has 0 unspecified atom stereocenters. The van der Waals surface area contributed by atoms with Gasteiger partial charge in [0.1, 0.15) is 0 Å². The third-order valence-electron chi connectivity index (χ3n) is 2.97. The average molecular weight is 379 g/mol. The molecule has 0 radical (unpaired) electrons. The van der Waals surface area contributed by atoms with Gasteiger partial charge in [0.2, 0.25) is 0 Å². The third-order valence-corrected chi connectivity index (χ3v) is 4.18. The fourth-order valence-corrected chi connectivity index (χ4v) is 2.80. The maximum Gasteiger partial charge on any atom is 0.256 e. The molecule has 4 heteroatoms. The number of amides is 1. The van der Waals surface area contributed by atoms with Crippen LogP contribution >= 0.6 is 31.9 Å². The van der Waals surface area contributed by atoms with E-state index in [-0.39, 0.29) is 5.91 Å². The molecule has 2 aromatic rings. The lowest BCUT2D eigenvalue weighted by molar-refractivity contribution is -0.110. The van der Waals surface area contributed by atoms with E-state index < -0.39 is 0 Å². The van der Waals surface area contributed by atoms with Crippen LogP contribution in [0.25, 0.3) is 11.6 Å². The Bertz CT molecular complexity index is 707. The predicted octanol–water partition coefficient (Wildman–Crippen LogP) is 4.70. The van der Waals surface area contributed by atoms with Crippen molar-refractivity contribution in [2.45, 2.75) is 0 Å². The number of anilines is 1. The van der Waals surface area contributed by atoms with Crippen molar-refractivity contribution in [3.05, 3.63) is 62.5 Å². The van der Waals surface area contributed by atoms with Crippen molar-refractivity contribution in [3.63, 3.8) is 0 Å². The molecule has 1 N–H and O–H groups in total. The molecule has 1 aliphatic heterocycles. The highest BCUT2D eigenvalue weighted by Crippen LogP contribution is 2.34. The average Bonchev–Trinajstić information content (AvgIpc) is 2.71. The second-order valence-electron chi connectivity index (χ2n) is 4.22. The van der Waals surface area contributed by atoms with Gasteiger partial charge in [0.15, 0.2) is 0 Å². The fraction of sp³-hybridized carbons (Fsp3) is 0. The second kappa shape index (κ2) is 4.94. The second-order valence-corrected chi connectivity index (χ2v) is 5.99. The summed E-state index contributed by atoms with van der Waals surface area (Å²) in [5, 5.41) is 2.87. The lowest BCUT2D eigenvalue weighted by Gasteiger charge is -2.02. The van der Waals surface area contributed by atoms with Gasteiger partial charge in [-0.3, -0.25) is 4.79 Å². The molecule has 0 aromatic heterocycles. The summed E-state index contributed by atoms with van der Waals surface area (Å²) in [6, 6.07) is 13.6. The van der Waals surface area contributed by atoms with Crippen molar-refractivity contribution in [3.8, 4) is 0 Å². The van der Waals surface area contributed by atoms with Crippen LogP contribution in [0.3, 0.4) is 0 Å². The van der Waals surface area contributed by atoms with E-state index in [4.69, 9.17) is 0 Å². The minimum Gasteiger partial charge on any atom is -0.321 e. The summed E-state index contributed by atoms with van der Waals surface area (Å²) >= 11 is 6.94. The maximum absolute atomic E-state index is 12.0. The van der Waals surface area contributed by atoms with Crippen LogP contribution < -0.4 is 5.32 Å². The highest BCUT2D eigenvalue weighted by molar-refractivity contribution is 9.11. The van der Waals surface area contributed by atoms with Crippen molar-refractivity contribution < 1.29 is 4.79 Å². The SMILES string of the molecule is O=C1Nc2ccccc2/C1=C/c1cc(Br)ccc1Br. The Morgan fingerprint density at radius 3 is 2.68 bits per heavy atom. The Labute approximate surface area is 127 Å². The lowest BCUT2D eigenvalue weighted by Crippen LogP contribution is -2.03. The molecule has 1 aliphatic rings. The molecule has 0 spiro atoms. The van der Waals surface area contributed by atoms with Gasteiger partial charge in [-0.15, -0.1) is 0 Å². The number of hydrogen-bond donors (Lipinski definition) is 1. The molecule has 0 saturated carbocycles. The van der Waals surface area contributed by atoms with Crippen LogP contribution in [-0.4, -0.2) is 5.91 Å². The summed E-state index contributed by atoms with van der Waals surface area (Å²) in [4.78, 5) is 12.0. The zero-order chi connectivity index (χ0) is 13.4. The van der Waals surface area contributed by atoms with Crippen molar-refractivity contribution in [2.24, 2.45) is 0 Å². The standard InChI is InChI=1S/C15H9Br2NO/c16-10-5-6-13(17)9(7-10)8-12-11-3-1-2-4-14(11)18-15(12)19/h1-8H,(H,18,19)/b12-8-. The van der Waals surface area contributed by atoms with E-state index in [0.717, 1.165) is 25.8 Å². The smallest absolute Gasteiger partial charge is 0.256 e. The molecule has 2 aromatic carbocycles. The topological polar surface area (TPSA) is 29.1 Å². The van der Waals surface area contributed by atoms with Gasteiger partial charge in [0.05, 0.1) is 0 Å². The van der Waals surface area contributed by atoms with E-state index in [9.17, 15) is 4.79 Å². The third kappa shape index (κ3) is 2.38. The first-order chi connectivity index (χ1) is 9.15. The number of nitrogens with one attached hydrogen (secondary N) is 1. The molecule has 0 atom stereocenters. The van der Waals surface area contributed by atoms with Gasteiger partial charge in [0.25, 0.3) is 5.91 Å². The van der Waals surface area contributed by atoms with Crippen molar-refractivity contribution in [2.75, 3.05) is 5.32 Å². The summed E-state index contributed by atoms with van der Waals surface area (Å²) in [5.74, 6) is -0.0620. The number of para-hydroxylation sites is 1. The van der Waals surface area contributed by atoms with Crippen LogP contribution in [0, 0.1) is 0 Å². The molecular weight excluding hydrogens is 370 g/mol. The van der Waals surface area contributed by atoms with E-state index in [1.807, 2.05) is 48.5 Å². The first-order valence-electron chi connectivity index (χ1n) is 5.72. The molecule has 2 nitrogen and oxygen atoms in total. The largest absolute Gasteiger partial charge is 0.321 e. The lowest BCUT2D eigenvalue weighted by atomic mass is 10.0. The summed E-state index contributed by atoms with van der Waals surface area (Å²) in [7, 11) is 0. The number of carbonyl (C=O) groups is 1. The van der Waals surface area contributed by atoms with Gasteiger partial charge in [-0.1, -0.05) is 50.1 Å². The van der Waals surface area contributed by atoms with Gasteiger partial charge in [-0.2, -0.15) is 0 Å². The first kappa shape index (κ1) is 12.6. The number of fused-ring (bicyclic) bond motifs is 1. The minimum atomic E-state index is -0.0620. The van der Waals surface area contributed by atoms with Crippen LogP contribution in [0.1, 0.15) is 11.1 Å². The Kier molecular flexibility index (Phi) is 3.29. The van der Waals surface area contributed by atoms with Gasteiger partial charge < -0.3 is 5.32 Å². The van der Waals surface area contributed by atoms with Crippen LogP contribution in [0.15, 0.2) is 51.4 Å². The highest BCUT2D eigenvalue weighted by Gasteiger charge is 2.23. The summed E-state index contributed by atoms with van der Waals surface area (Å²) in [5.41, 5.74) is 3.47. The van der Waals surface area contributed by atoms with Crippen LogP contribution in [0.2, 0.25) is 0 Å². The normalized spacial score (nSPS) is 15.5. The number of carbonyl (C=O) groups excluding carboxylic acids is 1. The van der Waals surface area contributed by atoms with Crippen LogP contribution in [0.5, 0.6) is 0 Å². The molecular formula is C15H9Br2NO. The highest BCUT2D eigenvalue weighted by atomic mass is 79.9. The van der Waals surface area contributed by atoms with Crippen LogP contribution in [0.4, 0.5) is 5.69 Å². The van der Waals surface area contributed by atoms with E-state index >= 15 is 0 Å². The van der Waals surface area contributed by atoms with E-state index in [1.54, 1.807) is 0 Å². The Morgan fingerprint density at radius 1 is 1.05 bits per heavy atom. The van der Waals surface area contributed by atoms with Crippen LogP contribution in [-0.2, 0) is 4.79 Å². The van der Waals surface area contributed by atoms with Crippen molar-refractivity contribution in [1.82, 2.24) is 0 Å². The molecule has 19 heavy (non-hydrogen) atoms. The molecule has 0 aliphatic carbocycles. The number of rotatable bonds is 1. The van der Waals surface area contributed by atoms with E-state index in [2.05, 4.69) is 37.2 Å². The summed E-state index contributed by atoms with van der Waals surface area (Å²) in [6.45, 7) is 0. The Hall–Kier alpha value is -1.39. The summed E-state index contributed by atoms with van der Waals surface area (Å²) in [6.07, 6.45) is 1.90. The van der Waals surface area contributed by atoms with Gasteiger partial charge in [0, 0.05) is 25.8 Å². The predicted molar refractivity (Wildman–Crippen MR) is 84.8 cm³/mol. The van der Waals surface area contributed by atoms with Crippen molar-refractivity contribution >= 4 is 55.1 Å². The molecule has 0 saturated heterocycles. The Morgan fingerprint density at radius 2 is 1.84 bits per heavy atom. The molecule has 0 bridgehead atoms. The Balaban J connectivity index is 2.14. The molecule has 3 rings (SSSR count). The quantitative estimate of drug-likeness (QED) is 0.715. The molecule has 1 heterocycles. The zero-order valence-corrected chi connectivity index (χ0v) is 13.0. The minimum absolute atomic E-state index is 0.0620. The summed E-state index contributed by atoms with van der Waals surface area (Å²) < 4.78 is 1.94. The number of hydrogen-bond acceptors (Lipinski definition) is 1. The number of benzene rings is 2. The maximum atomic E-state index is 12.0. The molecule has 1 amide bonds. The van der Waals surface area contributed by atoms with E-state index in [0.29, 0.717) is 5.57 Å². The van der Waals surface area contributed by atoms with Gasteiger partial charge in [-0.25, -0.2) is 0 Å². The first-order valence-corrected chi connectivity index (χ1v) is 7.31. The zero-order valence-electron chi connectivity index (χ0n) is 9.78. The van der Waals surface area contributed by atoms with Gasteiger partial charge >= 0.3 is 0 Å². The fourth-order valence-electron chi connectivity index (χ4n) is 2.06. The van der Waals surface area contributed by atoms with E-state index in [1.165, 1.54) is 0 Å². The van der Waals surface area contributed by atoms with Gasteiger partial charge in [-0.05, 0) is 35.9 Å². The monoisotopic (exact) mass is 377 g/mol. The molecule has 94 valence electrons. The van der Waals surface area contributed by atoms with Crippen molar-refractivity contribution in [1.29, 1.82) is 0 Å². The number of halogens is 2. The molecule has 0 fully saturated rings.